The largest absolute Gasteiger partial charge is 0.493 e. The zero-order valence-corrected chi connectivity index (χ0v) is 20.7. The fourth-order valence-electron chi connectivity index (χ4n) is 8.91. The van der Waals surface area contributed by atoms with E-state index in [9.17, 15) is 10.4 Å². The number of aliphatic hydroxyl groups is 1. The first-order chi connectivity index (χ1) is 15.5. The summed E-state index contributed by atoms with van der Waals surface area (Å²) in [5, 5.41) is 22.2. The summed E-state index contributed by atoms with van der Waals surface area (Å²) in [7, 11) is 3.50. The molecule has 2 heterocycles. The quantitative estimate of drug-likeness (QED) is 0.704. The molecule has 4 fully saturated rings. The van der Waals surface area contributed by atoms with Crippen molar-refractivity contribution < 1.29 is 19.3 Å². The van der Waals surface area contributed by atoms with Gasteiger partial charge in [-0.1, -0.05) is 26.8 Å². The van der Waals surface area contributed by atoms with Gasteiger partial charge in [-0.05, 0) is 56.1 Å². The molecular weight excluding hydrogens is 416 g/mol. The Morgan fingerprint density at radius 3 is 2.58 bits per heavy atom. The minimum Gasteiger partial charge on any atom is -0.493 e. The van der Waals surface area contributed by atoms with E-state index in [2.05, 4.69) is 33.0 Å². The molecule has 0 amide bonds. The van der Waals surface area contributed by atoms with Crippen LogP contribution in [0.25, 0.3) is 0 Å². The molecule has 1 aromatic rings. The maximum atomic E-state index is 12.1. The van der Waals surface area contributed by atoms with Gasteiger partial charge in [-0.25, -0.2) is 0 Å². The third kappa shape index (κ3) is 2.10. The molecule has 2 unspecified atom stereocenters. The van der Waals surface area contributed by atoms with Gasteiger partial charge in [-0.2, -0.15) is 5.26 Å². The van der Waals surface area contributed by atoms with Gasteiger partial charge >= 0.3 is 0 Å². The monoisotopic (exact) mass is 452 g/mol. The Kier molecular flexibility index (Phi) is 4.03. The lowest BCUT2D eigenvalue weighted by atomic mass is 9.33. The van der Waals surface area contributed by atoms with E-state index < -0.39 is 11.2 Å². The second-order valence-electron chi connectivity index (χ2n) is 12.3. The van der Waals surface area contributed by atoms with E-state index in [1.165, 1.54) is 11.1 Å². The van der Waals surface area contributed by atoms with Crippen LogP contribution in [0.1, 0.15) is 64.5 Å². The van der Waals surface area contributed by atoms with Crippen LogP contribution in [0.5, 0.6) is 11.5 Å². The SMILES string of the molecule is COc1ccc2c3c1O[C@H]1[C@@]4(OC)CCC5(C[C@@H]4C(C)(O)C(C)(C)C)[C@@H](C2)N(C#N)CC[C@]315. The van der Waals surface area contributed by atoms with Crippen LogP contribution >= 0.6 is 0 Å². The highest BCUT2D eigenvalue weighted by Gasteiger charge is 2.82. The highest BCUT2D eigenvalue weighted by molar-refractivity contribution is 5.63. The van der Waals surface area contributed by atoms with Gasteiger partial charge in [-0.15, -0.1) is 0 Å². The summed E-state index contributed by atoms with van der Waals surface area (Å²) in [5.41, 5.74) is 0.315. The van der Waals surface area contributed by atoms with E-state index in [1.807, 2.05) is 17.9 Å². The molecule has 2 spiro atoms. The number of fused-ring (bicyclic) bond motifs is 2. The molecule has 6 heteroatoms. The highest BCUT2D eigenvalue weighted by atomic mass is 16.6. The number of benzene rings is 1. The predicted octanol–water partition coefficient (Wildman–Crippen LogP) is 3.79. The van der Waals surface area contributed by atoms with Gasteiger partial charge in [0, 0.05) is 42.0 Å². The van der Waals surface area contributed by atoms with Crippen molar-refractivity contribution in [3.8, 4) is 17.7 Å². The second kappa shape index (κ2) is 6.17. The van der Waals surface area contributed by atoms with Gasteiger partial charge in [0.15, 0.2) is 17.7 Å². The third-order valence-corrected chi connectivity index (χ3v) is 10.9. The van der Waals surface area contributed by atoms with Crippen molar-refractivity contribution in [2.75, 3.05) is 20.8 Å². The zero-order chi connectivity index (χ0) is 23.6. The Morgan fingerprint density at radius 1 is 1.18 bits per heavy atom. The maximum absolute atomic E-state index is 12.1. The lowest BCUT2D eigenvalue weighted by Gasteiger charge is -2.75. The third-order valence-electron chi connectivity index (χ3n) is 10.9. The van der Waals surface area contributed by atoms with Gasteiger partial charge in [-0.3, -0.25) is 0 Å². The fourth-order valence-corrected chi connectivity index (χ4v) is 8.91. The topological polar surface area (TPSA) is 75.0 Å². The van der Waals surface area contributed by atoms with E-state index in [1.54, 1.807) is 14.2 Å². The van der Waals surface area contributed by atoms with Gasteiger partial charge < -0.3 is 24.2 Å². The minimum absolute atomic E-state index is 0.107. The van der Waals surface area contributed by atoms with E-state index in [0.29, 0.717) is 0 Å². The lowest BCUT2D eigenvalue weighted by molar-refractivity contribution is -0.309. The van der Waals surface area contributed by atoms with Crippen molar-refractivity contribution >= 4 is 0 Å². The van der Waals surface area contributed by atoms with E-state index >= 15 is 0 Å². The molecule has 7 rings (SSSR count). The molecule has 33 heavy (non-hydrogen) atoms. The van der Waals surface area contributed by atoms with Crippen LogP contribution in [-0.2, 0) is 16.6 Å². The van der Waals surface area contributed by atoms with Crippen molar-refractivity contribution in [1.29, 1.82) is 5.26 Å². The molecule has 1 aromatic carbocycles. The summed E-state index contributed by atoms with van der Waals surface area (Å²) in [6, 6.07) is 4.30. The fraction of sp³-hybridized carbons (Fsp3) is 0.741. The summed E-state index contributed by atoms with van der Waals surface area (Å²) >= 11 is 0. The number of hydrogen-bond acceptors (Lipinski definition) is 6. The average molecular weight is 453 g/mol. The molecule has 0 aromatic heterocycles. The van der Waals surface area contributed by atoms with Crippen LogP contribution in [0.3, 0.4) is 0 Å². The molecule has 4 bridgehead atoms. The summed E-state index contributed by atoms with van der Waals surface area (Å²) < 4.78 is 19.3. The molecular formula is C27H36N2O4. The first-order valence-electron chi connectivity index (χ1n) is 12.3. The molecule has 2 aliphatic heterocycles. The van der Waals surface area contributed by atoms with Gasteiger partial charge in [0.05, 0.1) is 12.7 Å². The van der Waals surface area contributed by atoms with Crippen LogP contribution in [-0.4, -0.2) is 54.1 Å². The lowest BCUT2D eigenvalue weighted by Crippen LogP contribution is -2.83. The van der Waals surface area contributed by atoms with Crippen LogP contribution in [0, 0.1) is 28.2 Å². The standard InChI is InChI=1S/C27H36N2O4/c1-23(2,3)24(4,30)18-14-25-9-10-27(18,32-6)22-26(25)11-12-29(15-28)19(25)13-16-7-8-17(31-5)21(33-22)20(16)26/h7-8,18-19,22,30H,9-14H2,1-6H3/t18-,19-,22-,24?,25?,26+,27-/m1/s1. The minimum atomic E-state index is -0.966. The number of nitrogens with zero attached hydrogens (tertiary/aromatic N) is 2. The summed E-state index contributed by atoms with van der Waals surface area (Å²) in [4.78, 5) is 2.03. The Bertz CT molecular complexity index is 1070. The number of likely N-dealkylation sites (tertiary alicyclic amines) is 1. The van der Waals surface area contributed by atoms with Crippen LogP contribution in [0.4, 0.5) is 0 Å². The molecule has 0 radical (unpaired) electrons. The van der Waals surface area contributed by atoms with E-state index in [0.717, 1.165) is 50.1 Å². The first kappa shape index (κ1) is 21.6. The van der Waals surface area contributed by atoms with Crippen LogP contribution < -0.4 is 9.47 Å². The number of hydrogen-bond donors (Lipinski definition) is 1. The predicted molar refractivity (Wildman–Crippen MR) is 123 cm³/mol. The number of rotatable bonds is 3. The van der Waals surface area contributed by atoms with Crippen LogP contribution in [0.2, 0.25) is 0 Å². The molecule has 7 atom stereocenters. The average Bonchev–Trinajstić information content (AvgIpc) is 3.15. The second-order valence-corrected chi connectivity index (χ2v) is 12.3. The van der Waals surface area contributed by atoms with E-state index in [4.69, 9.17) is 14.2 Å². The highest BCUT2D eigenvalue weighted by Crippen LogP contribution is 2.77. The number of methoxy groups -OCH3 is 2. The van der Waals surface area contributed by atoms with Crippen molar-refractivity contribution in [3.63, 3.8) is 0 Å². The van der Waals surface area contributed by atoms with Gasteiger partial charge in [0.1, 0.15) is 11.7 Å². The molecule has 1 N–H and O–H groups in total. The van der Waals surface area contributed by atoms with Crippen molar-refractivity contribution in [1.82, 2.24) is 4.90 Å². The zero-order valence-electron chi connectivity index (χ0n) is 20.7. The number of ether oxygens (including phenoxy) is 3. The summed E-state index contributed by atoms with van der Waals surface area (Å²) in [6.45, 7) is 9.05. The van der Waals surface area contributed by atoms with Crippen molar-refractivity contribution in [3.05, 3.63) is 23.3 Å². The van der Waals surface area contributed by atoms with Crippen molar-refractivity contribution in [2.45, 2.75) is 88.6 Å². The van der Waals surface area contributed by atoms with Gasteiger partial charge in [0.25, 0.3) is 0 Å². The Hall–Kier alpha value is -1.97. The van der Waals surface area contributed by atoms with E-state index in [-0.39, 0.29) is 34.3 Å². The number of nitriles is 1. The van der Waals surface area contributed by atoms with Crippen LogP contribution in [0.15, 0.2) is 12.1 Å². The summed E-state index contributed by atoms with van der Waals surface area (Å²) in [5.74, 6) is 1.54. The molecule has 6 aliphatic rings. The smallest absolute Gasteiger partial charge is 0.179 e. The Balaban J connectivity index is 1.66. The Labute approximate surface area is 196 Å². The molecule has 178 valence electrons. The number of piperidine rings is 1. The maximum Gasteiger partial charge on any atom is 0.179 e. The first-order valence-corrected chi connectivity index (χ1v) is 12.3. The Morgan fingerprint density at radius 2 is 1.94 bits per heavy atom. The molecule has 1 saturated heterocycles. The summed E-state index contributed by atoms with van der Waals surface area (Å²) in [6.07, 6.45) is 6.68. The molecule has 4 aliphatic carbocycles. The normalized spacial score (nSPS) is 41.6. The molecule has 6 nitrogen and oxygen atoms in total. The van der Waals surface area contributed by atoms with Gasteiger partial charge in [0.2, 0.25) is 0 Å². The molecule has 3 saturated carbocycles. The van der Waals surface area contributed by atoms with Crippen molar-refractivity contribution in [2.24, 2.45) is 16.7 Å².